The summed E-state index contributed by atoms with van der Waals surface area (Å²) in [6.45, 7) is 0.479. The third-order valence-electron chi connectivity index (χ3n) is 2.87. The number of rotatable bonds is 5. The summed E-state index contributed by atoms with van der Waals surface area (Å²) in [6, 6.07) is 13.8. The van der Waals surface area contributed by atoms with Gasteiger partial charge in [0, 0.05) is 11.6 Å². The van der Waals surface area contributed by atoms with Gasteiger partial charge in [-0.2, -0.15) is 0 Å². The molecule has 100 valence electrons. The maximum absolute atomic E-state index is 13.3. The van der Waals surface area contributed by atoms with E-state index in [2.05, 4.69) is 5.32 Å². The minimum atomic E-state index is -0.400. The van der Waals surface area contributed by atoms with Crippen molar-refractivity contribution in [1.82, 2.24) is 5.32 Å². The van der Waals surface area contributed by atoms with Gasteiger partial charge in [-0.05, 0) is 29.3 Å². The van der Waals surface area contributed by atoms with E-state index >= 15 is 0 Å². The number of halogens is 2. The van der Waals surface area contributed by atoms with E-state index in [0.717, 1.165) is 5.56 Å². The van der Waals surface area contributed by atoms with Crippen LogP contribution in [-0.4, -0.2) is 11.7 Å². The summed E-state index contributed by atoms with van der Waals surface area (Å²) in [5, 5.41) is 12.9. The fourth-order valence-electron chi connectivity index (χ4n) is 1.90. The van der Waals surface area contributed by atoms with Gasteiger partial charge in [0.1, 0.15) is 5.82 Å². The Balaban J connectivity index is 2.07. The van der Waals surface area contributed by atoms with Crippen LogP contribution in [0.15, 0.2) is 48.5 Å². The molecule has 0 spiro atoms. The summed E-state index contributed by atoms with van der Waals surface area (Å²) in [5.41, 5.74) is 1.74. The summed E-state index contributed by atoms with van der Waals surface area (Å²) < 4.78 is 13.3. The Morgan fingerprint density at radius 1 is 1.16 bits per heavy atom. The highest BCUT2D eigenvalue weighted by molar-refractivity contribution is 6.30. The standard InChI is InChI=1S/C15H15ClFNO/c16-13-6-12(7-14(17)8-13)15(10-19)18-9-11-4-2-1-3-5-11/h1-8,15,18-19H,9-10H2. The van der Waals surface area contributed by atoms with E-state index in [0.29, 0.717) is 17.1 Å². The van der Waals surface area contributed by atoms with E-state index in [1.807, 2.05) is 30.3 Å². The number of aliphatic hydroxyl groups is 1. The van der Waals surface area contributed by atoms with Crippen molar-refractivity contribution in [2.45, 2.75) is 12.6 Å². The highest BCUT2D eigenvalue weighted by Gasteiger charge is 2.11. The lowest BCUT2D eigenvalue weighted by Crippen LogP contribution is -2.24. The van der Waals surface area contributed by atoms with Crippen molar-refractivity contribution in [2.75, 3.05) is 6.61 Å². The molecule has 2 nitrogen and oxygen atoms in total. The van der Waals surface area contributed by atoms with E-state index in [1.165, 1.54) is 12.1 Å². The van der Waals surface area contributed by atoms with Crippen molar-refractivity contribution in [3.63, 3.8) is 0 Å². The van der Waals surface area contributed by atoms with Crippen molar-refractivity contribution in [3.8, 4) is 0 Å². The number of hydrogen-bond acceptors (Lipinski definition) is 2. The number of aliphatic hydroxyl groups excluding tert-OH is 1. The van der Waals surface area contributed by atoms with Crippen LogP contribution >= 0.6 is 11.6 Å². The zero-order valence-corrected chi connectivity index (χ0v) is 11.1. The van der Waals surface area contributed by atoms with Crippen molar-refractivity contribution >= 4 is 11.6 Å². The fraction of sp³-hybridized carbons (Fsp3) is 0.200. The molecule has 0 aliphatic rings. The van der Waals surface area contributed by atoms with E-state index in [-0.39, 0.29) is 12.6 Å². The van der Waals surface area contributed by atoms with Crippen LogP contribution in [0, 0.1) is 5.82 Å². The lowest BCUT2D eigenvalue weighted by Gasteiger charge is -2.17. The molecule has 4 heteroatoms. The minimum absolute atomic E-state index is 0.118. The first kappa shape index (κ1) is 14.0. The summed E-state index contributed by atoms with van der Waals surface area (Å²) in [6.07, 6.45) is 0. The van der Waals surface area contributed by atoms with Crippen LogP contribution in [0.25, 0.3) is 0 Å². The normalized spacial score (nSPS) is 12.4. The molecule has 2 rings (SSSR count). The van der Waals surface area contributed by atoms with E-state index < -0.39 is 5.82 Å². The van der Waals surface area contributed by atoms with Gasteiger partial charge in [0.25, 0.3) is 0 Å². The summed E-state index contributed by atoms with van der Waals surface area (Å²) in [5.74, 6) is -0.400. The first-order valence-electron chi connectivity index (χ1n) is 6.03. The van der Waals surface area contributed by atoms with Gasteiger partial charge in [-0.25, -0.2) is 4.39 Å². The predicted octanol–water partition coefficient (Wildman–Crippen LogP) is 3.30. The molecular weight excluding hydrogens is 265 g/mol. The first-order valence-corrected chi connectivity index (χ1v) is 6.41. The van der Waals surface area contributed by atoms with E-state index in [9.17, 15) is 9.50 Å². The van der Waals surface area contributed by atoms with Crippen LogP contribution < -0.4 is 5.32 Å². The van der Waals surface area contributed by atoms with Crippen LogP contribution in [0.2, 0.25) is 5.02 Å². The SMILES string of the molecule is OCC(NCc1ccccc1)c1cc(F)cc(Cl)c1. The molecule has 0 saturated heterocycles. The highest BCUT2D eigenvalue weighted by Crippen LogP contribution is 2.20. The third-order valence-corrected chi connectivity index (χ3v) is 3.08. The van der Waals surface area contributed by atoms with Gasteiger partial charge in [0.2, 0.25) is 0 Å². The third kappa shape index (κ3) is 4.03. The van der Waals surface area contributed by atoms with Crippen molar-refractivity contribution < 1.29 is 9.50 Å². The molecule has 1 atom stereocenters. The molecule has 0 bridgehead atoms. The highest BCUT2D eigenvalue weighted by atomic mass is 35.5. The van der Waals surface area contributed by atoms with E-state index in [1.54, 1.807) is 6.07 Å². The van der Waals surface area contributed by atoms with E-state index in [4.69, 9.17) is 11.6 Å². The zero-order valence-electron chi connectivity index (χ0n) is 10.3. The Hall–Kier alpha value is -1.42. The molecule has 2 aromatic carbocycles. The van der Waals surface area contributed by atoms with Gasteiger partial charge in [-0.1, -0.05) is 41.9 Å². The largest absolute Gasteiger partial charge is 0.394 e. The van der Waals surface area contributed by atoms with Crippen LogP contribution in [0.4, 0.5) is 4.39 Å². The molecule has 19 heavy (non-hydrogen) atoms. The van der Waals surface area contributed by atoms with Gasteiger partial charge >= 0.3 is 0 Å². The molecule has 0 aliphatic carbocycles. The monoisotopic (exact) mass is 279 g/mol. The molecule has 0 fully saturated rings. The molecule has 0 aliphatic heterocycles. The molecule has 0 aromatic heterocycles. The molecule has 0 saturated carbocycles. The Kier molecular flexibility index (Phi) is 4.91. The van der Waals surface area contributed by atoms with Gasteiger partial charge in [0.05, 0.1) is 12.6 Å². The van der Waals surface area contributed by atoms with Crippen LogP contribution in [0.1, 0.15) is 17.2 Å². The number of hydrogen-bond donors (Lipinski definition) is 2. The minimum Gasteiger partial charge on any atom is -0.394 e. The molecule has 0 radical (unpaired) electrons. The smallest absolute Gasteiger partial charge is 0.125 e. The number of benzene rings is 2. The fourth-order valence-corrected chi connectivity index (χ4v) is 2.13. The van der Waals surface area contributed by atoms with Crippen LogP contribution in [0.3, 0.4) is 0 Å². The Bertz CT molecular complexity index is 513. The van der Waals surface area contributed by atoms with Crippen LogP contribution in [0.5, 0.6) is 0 Å². The number of nitrogens with one attached hydrogen (secondary N) is 1. The van der Waals surface area contributed by atoms with Crippen molar-refractivity contribution in [3.05, 3.63) is 70.5 Å². The molecule has 2 N–H and O–H groups in total. The second kappa shape index (κ2) is 6.66. The quantitative estimate of drug-likeness (QED) is 0.880. The van der Waals surface area contributed by atoms with Crippen molar-refractivity contribution in [2.24, 2.45) is 0 Å². The van der Waals surface area contributed by atoms with Gasteiger partial charge in [0.15, 0.2) is 0 Å². The first-order chi connectivity index (χ1) is 9.19. The Morgan fingerprint density at radius 3 is 2.53 bits per heavy atom. The molecule has 2 aromatic rings. The Morgan fingerprint density at radius 2 is 1.89 bits per heavy atom. The zero-order chi connectivity index (χ0) is 13.7. The molecule has 1 unspecified atom stereocenters. The maximum Gasteiger partial charge on any atom is 0.125 e. The second-order valence-corrected chi connectivity index (χ2v) is 4.74. The van der Waals surface area contributed by atoms with Crippen molar-refractivity contribution in [1.29, 1.82) is 0 Å². The molecular formula is C15H15ClFNO. The van der Waals surface area contributed by atoms with Crippen LogP contribution in [-0.2, 0) is 6.54 Å². The maximum atomic E-state index is 13.3. The lowest BCUT2D eigenvalue weighted by molar-refractivity contribution is 0.243. The van der Waals surface area contributed by atoms with Gasteiger partial charge in [-0.3, -0.25) is 0 Å². The summed E-state index contributed by atoms with van der Waals surface area (Å²) in [7, 11) is 0. The topological polar surface area (TPSA) is 32.3 Å². The van der Waals surface area contributed by atoms with Gasteiger partial charge in [-0.15, -0.1) is 0 Å². The average molecular weight is 280 g/mol. The summed E-state index contributed by atoms with van der Waals surface area (Å²) in [4.78, 5) is 0. The second-order valence-electron chi connectivity index (χ2n) is 4.30. The summed E-state index contributed by atoms with van der Waals surface area (Å²) >= 11 is 5.82. The Labute approximate surface area is 116 Å². The lowest BCUT2D eigenvalue weighted by atomic mass is 10.1. The van der Waals surface area contributed by atoms with Gasteiger partial charge < -0.3 is 10.4 Å². The average Bonchev–Trinajstić information content (AvgIpc) is 2.39. The predicted molar refractivity (Wildman–Crippen MR) is 74.5 cm³/mol. The molecule has 0 heterocycles. The molecule has 0 amide bonds.